The number of aryl methyl sites for hydroxylation is 2. The van der Waals surface area contributed by atoms with Gasteiger partial charge in [-0.05, 0) is 13.8 Å². The lowest BCUT2D eigenvalue weighted by Gasteiger charge is -2.05. The largest absolute Gasteiger partial charge is 0.477 e. The lowest BCUT2D eigenvalue weighted by Crippen LogP contribution is -2.03. The maximum atomic E-state index is 8.92. The Labute approximate surface area is 89.8 Å². The van der Waals surface area contributed by atoms with E-state index < -0.39 is 0 Å². The molecule has 4 nitrogen and oxygen atoms in total. The van der Waals surface area contributed by atoms with Crippen LogP contribution >= 0.6 is 0 Å². The normalized spacial score (nSPS) is 9.73. The summed E-state index contributed by atoms with van der Waals surface area (Å²) in [6, 6.07) is 2.09. The van der Waals surface area contributed by atoms with Crippen LogP contribution in [0.2, 0.25) is 0 Å². The Kier molecular flexibility index (Phi) is 3.51. The molecule has 0 aliphatic rings. The summed E-state index contributed by atoms with van der Waals surface area (Å²) in [6.45, 7) is 8.06. The molecule has 0 N–H and O–H groups in total. The second-order valence-electron chi connectivity index (χ2n) is 3.56. The van der Waals surface area contributed by atoms with Gasteiger partial charge < -0.3 is 4.74 Å². The predicted octanol–water partition coefficient (Wildman–Crippen LogP) is 1.95. The van der Waals surface area contributed by atoms with Gasteiger partial charge in [0.15, 0.2) is 0 Å². The average Bonchev–Trinajstić information content (AvgIpc) is 2.41. The van der Waals surface area contributed by atoms with E-state index in [1.165, 1.54) is 0 Å². The van der Waals surface area contributed by atoms with Crippen molar-refractivity contribution in [2.24, 2.45) is 7.05 Å². The maximum absolute atomic E-state index is 8.92. The molecule has 4 heteroatoms. The molecule has 0 aromatic carbocycles. The number of ether oxygens (including phenoxy) is 1. The van der Waals surface area contributed by atoms with E-state index in [1.807, 2.05) is 6.92 Å². The summed E-state index contributed by atoms with van der Waals surface area (Å²) in [5, 5.41) is 13.0. The smallest absolute Gasteiger partial charge is 0.230 e. The van der Waals surface area contributed by atoms with Crippen molar-refractivity contribution in [3.63, 3.8) is 0 Å². The molecular weight excluding hydrogens is 190 g/mol. The summed E-state index contributed by atoms with van der Waals surface area (Å²) >= 11 is 0. The van der Waals surface area contributed by atoms with Crippen molar-refractivity contribution >= 4 is 0 Å². The van der Waals surface area contributed by atoms with Gasteiger partial charge in [0.25, 0.3) is 0 Å². The fraction of sp³-hybridized carbons (Fsp3) is 0.455. The zero-order valence-electron chi connectivity index (χ0n) is 9.37. The van der Waals surface area contributed by atoms with Crippen LogP contribution < -0.4 is 4.74 Å². The van der Waals surface area contributed by atoms with Crippen LogP contribution in [0, 0.1) is 18.3 Å². The van der Waals surface area contributed by atoms with Gasteiger partial charge in [0.1, 0.15) is 11.6 Å². The minimum atomic E-state index is 0.513. The van der Waals surface area contributed by atoms with Crippen molar-refractivity contribution in [1.29, 1.82) is 5.26 Å². The molecule has 0 amide bonds. The molecule has 0 radical (unpaired) electrons. The predicted molar refractivity (Wildman–Crippen MR) is 57.6 cm³/mol. The Morgan fingerprint density at radius 3 is 2.87 bits per heavy atom. The number of nitriles is 1. The average molecular weight is 205 g/mol. The fourth-order valence-electron chi connectivity index (χ4n) is 1.25. The first-order chi connectivity index (χ1) is 7.06. The van der Waals surface area contributed by atoms with Gasteiger partial charge in [0.05, 0.1) is 12.3 Å². The van der Waals surface area contributed by atoms with Gasteiger partial charge in [0, 0.05) is 13.5 Å². The van der Waals surface area contributed by atoms with Crippen LogP contribution in [-0.4, -0.2) is 16.4 Å². The SMILES string of the molecule is C=C(C)CCOc1c(C#N)c(C)nn1C. The lowest BCUT2D eigenvalue weighted by molar-refractivity contribution is 0.293. The molecule has 0 saturated heterocycles. The Bertz CT molecular complexity index is 412. The van der Waals surface area contributed by atoms with Crippen molar-refractivity contribution in [2.45, 2.75) is 20.3 Å². The Morgan fingerprint density at radius 2 is 2.33 bits per heavy atom. The molecule has 0 saturated carbocycles. The van der Waals surface area contributed by atoms with Crippen LogP contribution in [0.3, 0.4) is 0 Å². The lowest BCUT2D eigenvalue weighted by atomic mass is 10.2. The van der Waals surface area contributed by atoms with Crippen LogP contribution in [0.1, 0.15) is 24.6 Å². The van der Waals surface area contributed by atoms with Crippen molar-refractivity contribution in [3.8, 4) is 11.9 Å². The van der Waals surface area contributed by atoms with Gasteiger partial charge >= 0.3 is 0 Å². The summed E-state index contributed by atoms with van der Waals surface area (Å²) in [6.07, 6.45) is 0.787. The molecule has 0 aliphatic carbocycles. The van der Waals surface area contributed by atoms with E-state index >= 15 is 0 Å². The number of aromatic nitrogens is 2. The van der Waals surface area contributed by atoms with Crippen LogP contribution in [0.25, 0.3) is 0 Å². The zero-order valence-corrected chi connectivity index (χ0v) is 9.37. The van der Waals surface area contributed by atoms with Gasteiger partial charge in [0.2, 0.25) is 5.88 Å². The second-order valence-corrected chi connectivity index (χ2v) is 3.56. The molecule has 1 rings (SSSR count). The maximum Gasteiger partial charge on any atom is 0.230 e. The first-order valence-electron chi connectivity index (χ1n) is 4.77. The molecular formula is C11H15N3O. The van der Waals surface area contributed by atoms with Crippen LogP contribution in [0.5, 0.6) is 5.88 Å². The highest BCUT2D eigenvalue weighted by atomic mass is 16.5. The second kappa shape index (κ2) is 4.65. The Hall–Kier alpha value is -1.76. The van der Waals surface area contributed by atoms with Crippen molar-refractivity contribution in [1.82, 2.24) is 9.78 Å². The van der Waals surface area contributed by atoms with E-state index in [1.54, 1.807) is 18.7 Å². The monoisotopic (exact) mass is 205 g/mol. The molecule has 1 aromatic heterocycles. The highest BCUT2D eigenvalue weighted by molar-refractivity contribution is 5.41. The zero-order chi connectivity index (χ0) is 11.4. The molecule has 0 spiro atoms. The van der Waals surface area contributed by atoms with Gasteiger partial charge in [-0.1, -0.05) is 5.57 Å². The molecule has 0 unspecified atom stereocenters. The van der Waals surface area contributed by atoms with Crippen LogP contribution in [0.15, 0.2) is 12.2 Å². The summed E-state index contributed by atoms with van der Waals surface area (Å²) in [4.78, 5) is 0. The van der Waals surface area contributed by atoms with E-state index in [9.17, 15) is 0 Å². The molecule has 0 atom stereocenters. The minimum Gasteiger partial charge on any atom is -0.477 e. The molecule has 1 aromatic rings. The molecule has 1 heterocycles. The first-order valence-corrected chi connectivity index (χ1v) is 4.77. The molecule has 0 fully saturated rings. The summed E-state index contributed by atoms with van der Waals surface area (Å²) in [5.41, 5.74) is 2.27. The topological polar surface area (TPSA) is 50.8 Å². The van der Waals surface area contributed by atoms with E-state index in [0.717, 1.165) is 12.0 Å². The molecule has 0 bridgehead atoms. The number of hydrogen-bond acceptors (Lipinski definition) is 3. The van der Waals surface area contributed by atoms with Crippen LogP contribution in [-0.2, 0) is 7.05 Å². The highest BCUT2D eigenvalue weighted by Gasteiger charge is 2.13. The third-order valence-electron chi connectivity index (χ3n) is 2.05. The number of hydrogen-bond donors (Lipinski definition) is 0. The number of nitrogens with zero attached hydrogens (tertiary/aromatic N) is 3. The van der Waals surface area contributed by atoms with Gasteiger partial charge in [-0.3, -0.25) is 0 Å². The summed E-state index contributed by atoms with van der Waals surface area (Å²) < 4.78 is 7.10. The molecule has 15 heavy (non-hydrogen) atoms. The van der Waals surface area contributed by atoms with Gasteiger partial charge in [-0.25, -0.2) is 4.68 Å². The van der Waals surface area contributed by atoms with Crippen molar-refractivity contribution in [3.05, 3.63) is 23.4 Å². The van der Waals surface area contributed by atoms with Crippen LogP contribution in [0.4, 0.5) is 0 Å². The third kappa shape index (κ3) is 2.59. The van der Waals surface area contributed by atoms with E-state index in [-0.39, 0.29) is 0 Å². The molecule has 80 valence electrons. The third-order valence-corrected chi connectivity index (χ3v) is 2.05. The molecule has 0 aliphatic heterocycles. The summed E-state index contributed by atoms with van der Waals surface area (Å²) in [7, 11) is 1.77. The quantitative estimate of drug-likeness (QED) is 0.706. The summed E-state index contributed by atoms with van der Waals surface area (Å²) in [5.74, 6) is 0.538. The minimum absolute atomic E-state index is 0.513. The Morgan fingerprint density at radius 1 is 1.67 bits per heavy atom. The Balaban J connectivity index is 2.76. The fourth-order valence-corrected chi connectivity index (χ4v) is 1.25. The van der Waals surface area contributed by atoms with Crippen molar-refractivity contribution < 1.29 is 4.74 Å². The van der Waals surface area contributed by atoms with Gasteiger partial charge in [-0.2, -0.15) is 10.4 Å². The number of rotatable bonds is 4. The van der Waals surface area contributed by atoms with E-state index in [2.05, 4.69) is 17.7 Å². The van der Waals surface area contributed by atoms with Crippen molar-refractivity contribution in [2.75, 3.05) is 6.61 Å². The standard InChI is InChI=1S/C11H15N3O/c1-8(2)5-6-15-11-10(7-12)9(3)13-14(11)4/h1,5-6H2,2-4H3. The highest BCUT2D eigenvalue weighted by Crippen LogP contribution is 2.20. The first kappa shape index (κ1) is 11.3. The van der Waals surface area contributed by atoms with E-state index in [4.69, 9.17) is 10.00 Å². The van der Waals surface area contributed by atoms with Gasteiger partial charge in [-0.15, -0.1) is 6.58 Å². The van der Waals surface area contributed by atoms with E-state index in [0.29, 0.717) is 23.7 Å².